The first kappa shape index (κ1) is 15.1. The highest BCUT2D eigenvalue weighted by atomic mass is 16.5. The molecule has 2 aromatic rings. The van der Waals surface area contributed by atoms with Crippen LogP contribution < -0.4 is 10.1 Å². The smallest absolute Gasteiger partial charge is 0.245 e. The molecule has 5 heteroatoms. The molecule has 5 nitrogen and oxygen atoms in total. The molecule has 2 unspecified atom stereocenters. The van der Waals surface area contributed by atoms with Gasteiger partial charge in [-0.15, -0.1) is 0 Å². The van der Waals surface area contributed by atoms with Gasteiger partial charge < -0.3 is 10.1 Å². The molecule has 1 N–H and O–H groups in total. The number of rotatable bonds is 6. The Morgan fingerprint density at radius 1 is 1.33 bits per heavy atom. The molecule has 0 saturated heterocycles. The summed E-state index contributed by atoms with van der Waals surface area (Å²) in [6.45, 7) is 6.39. The van der Waals surface area contributed by atoms with Gasteiger partial charge in [-0.2, -0.15) is 5.10 Å². The molecule has 2 atom stereocenters. The van der Waals surface area contributed by atoms with Crippen molar-refractivity contribution in [2.45, 2.75) is 32.9 Å². The third kappa shape index (κ3) is 3.84. The number of amides is 1. The van der Waals surface area contributed by atoms with Gasteiger partial charge in [0, 0.05) is 12.4 Å². The van der Waals surface area contributed by atoms with Gasteiger partial charge in [0.2, 0.25) is 5.91 Å². The molecule has 0 aliphatic carbocycles. The summed E-state index contributed by atoms with van der Waals surface area (Å²) in [7, 11) is 0. The maximum Gasteiger partial charge on any atom is 0.245 e. The third-order valence-electron chi connectivity index (χ3n) is 3.35. The van der Waals surface area contributed by atoms with Crippen LogP contribution in [0.2, 0.25) is 0 Å². The second-order valence-electron chi connectivity index (χ2n) is 4.89. The van der Waals surface area contributed by atoms with E-state index in [1.165, 1.54) is 0 Å². The largest absolute Gasteiger partial charge is 0.494 e. The maximum atomic E-state index is 12.2. The molecular formula is C16H21N3O2. The van der Waals surface area contributed by atoms with Crippen LogP contribution in [0.15, 0.2) is 42.7 Å². The molecule has 0 aliphatic heterocycles. The monoisotopic (exact) mass is 287 g/mol. The van der Waals surface area contributed by atoms with Crippen LogP contribution in [-0.4, -0.2) is 22.3 Å². The van der Waals surface area contributed by atoms with Crippen molar-refractivity contribution in [3.05, 3.63) is 48.3 Å². The Morgan fingerprint density at radius 3 is 2.62 bits per heavy atom. The summed E-state index contributed by atoms with van der Waals surface area (Å²) in [5.74, 6) is 0.782. The second-order valence-corrected chi connectivity index (χ2v) is 4.89. The van der Waals surface area contributed by atoms with Crippen LogP contribution in [0.3, 0.4) is 0 Å². The van der Waals surface area contributed by atoms with Crippen LogP contribution in [0.5, 0.6) is 5.75 Å². The Balaban J connectivity index is 1.97. The first-order valence-corrected chi connectivity index (χ1v) is 7.14. The summed E-state index contributed by atoms with van der Waals surface area (Å²) in [5.41, 5.74) is 1.04. The fourth-order valence-electron chi connectivity index (χ4n) is 2.07. The number of carbonyl (C=O) groups excluding carboxylic acids is 1. The lowest BCUT2D eigenvalue weighted by Crippen LogP contribution is -2.33. The molecule has 0 bridgehead atoms. The van der Waals surface area contributed by atoms with Crippen molar-refractivity contribution in [3.63, 3.8) is 0 Å². The molecule has 0 radical (unpaired) electrons. The van der Waals surface area contributed by atoms with Crippen molar-refractivity contribution in [2.75, 3.05) is 6.61 Å². The van der Waals surface area contributed by atoms with Gasteiger partial charge in [-0.1, -0.05) is 12.1 Å². The van der Waals surface area contributed by atoms with Gasteiger partial charge in [-0.05, 0) is 44.5 Å². The first-order valence-electron chi connectivity index (χ1n) is 7.14. The van der Waals surface area contributed by atoms with Gasteiger partial charge in [0.25, 0.3) is 0 Å². The van der Waals surface area contributed by atoms with E-state index in [1.54, 1.807) is 23.1 Å². The molecule has 112 valence electrons. The SMILES string of the molecule is CCOc1ccc(C(C)NC(=O)C(C)n2cccn2)cc1. The predicted octanol–water partition coefficient (Wildman–Crippen LogP) is 2.72. The molecule has 2 rings (SSSR count). The van der Waals surface area contributed by atoms with Crippen molar-refractivity contribution in [1.29, 1.82) is 0 Å². The highest BCUT2D eigenvalue weighted by Gasteiger charge is 2.17. The van der Waals surface area contributed by atoms with Gasteiger partial charge in [0.05, 0.1) is 12.6 Å². The van der Waals surface area contributed by atoms with Crippen LogP contribution in [0, 0.1) is 0 Å². The van der Waals surface area contributed by atoms with E-state index in [1.807, 2.05) is 45.0 Å². The average Bonchev–Trinajstić information content (AvgIpc) is 3.01. The molecule has 0 aliphatic rings. The summed E-state index contributed by atoms with van der Waals surface area (Å²) in [6, 6.07) is 9.18. The first-order chi connectivity index (χ1) is 10.1. The zero-order valence-corrected chi connectivity index (χ0v) is 12.6. The Bertz CT molecular complexity index is 564. The van der Waals surface area contributed by atoms with Gasteiger partial charge in [0.1, 0.15) is 11.8 Å². The average molecular weight is 287 g/mol. The maximum absolute atomic E-state index is 12.2. The number of ether oxygens (including phenoxy) is 1. The Hall–Kier alpha value is -2.30. The van der Waals surface area contributed by atoms with E-state index in [0.29, 0.717) is 6.61 Å². The summed E-state index contributed by atoms with van der Waals surface area (Å²) in [6.07, 6.45) is 3.45. The van der Waals surface area contributed by atoms with Crippen molar-refractivity contribution in [3.8, 4) is 5.75 Å². The molecule has 0 spiro atoms. The van der Waals surface area contributed by atoms with E-state index in [4.69, 9.17) is 4.74 Å². The van der Waals surface area contributed by atoms with E-state index in [-0.39, 0.29) is 18.0 Å². The van der Waals surface area contributed by atoms with Gasteiger partial charge in [0.15, 0.2) is 0 Å². The predicted molar refractivity (Wildman–Crippen MR) is 81.1 cm³/mol. The van der Waals surface area contributed by atoms with Crippen LogP contribution >= 0.6 is 0 Å². The molecular weight excluding hydrogens is 266 g/mol. The van der Waals surface area contributed by atoms with E-state index in [0.717, 1.165) is 11.3 Å². The highest BCUT2D eigenvalue weighted by molar-refractivity contribution is 5.80. The highest BCUT2D eigenvalue weighted by Crippen LogP contribution is 2.18. The summed E-state index contributed by atoms with van der Waals surface area (Å²) < 4.78 is 7.05. The van der Waals surface area contributed by atoms with E-state index in [2.05, 4.69) is 10.4 Å². The zero-order valence-electron chi connectivity index (χ0n) is 12.6. The number of hydrogen-bond donors (Lipinski definition) is 1. The topological polar surface area (TPSA) is 56.1 Å². The minimum atomic E-state index is -0.329. The lowest BCUT2D eigenvalue weighted by Gasteiger charge is -2.18. The van der Waals surface area contributed by atoms with Crippen molar-refractivity contribution >= 4 is 5.91 Å². The van der Waals surface area contributed by atoms with Crippen LogP contribution in [-0.2, 0) is 4.79 Å². The number of nitrogens with one attached hydrogen (secondary N) is 1. The standard InChI is InChI=1S/C16H21N3O2/c1-4-21-15-8-6-14(7-9-15)12(2)18-16(20)13(3)19-11-5-10-17-19/h5-13H,4H2,1-3H3,(H,18,20). The molecule has 1 aromatic heterocycles. The fourth-order valence-corrected chi connectivity index (χ4v) is 2.07. The summed E-state index contributed by atoms with van der Waals surface area (Å²) in [4.78, 5) is 12.2. The Labute approximate surface area is 124 Å². The van der Waals surface area contributed by atoms with Crippen LogP contribution in [0.1, 0.15) is 38.4 Å². The van der Waals surface area contributed by atoms with Crippen LogP contribution in [0.4, 0.5) is 0 Å². The number of benzene rings is 1. The van der Waals surface area contributed by atoms with Crippen molar-refractivity contribution in [1.82, 2.24) is 15.1 Å². The Morgan fingerprint density at radius 2 is 2.05 bits per heavy atom. The van der Waals surface area contributed by atoms with E-state index in [9.17, 15) is 4.79 Å². The van der Waals surface area contributed by atoms with E-state index >= 15 is 0 Å². The molecule has 0 saturated carbocycles. The quantitative estimate of drug-likeness (QED) is 0.888. The molecule has 21 heavy (non-hydrogen) atoms. The molecule has 1 aromatic carbocycles. The van der Waals surface area contributed by atoms with E-state index < -0.39 is 0 Å². The van der Waals surface area contributed by atoms with Crippen LogP contribution in [0.25, 0.3) is 0 Å². The van der Waals surface area contributed by atoms with Crippen molar-refractivity contribution in [2.24, 2.45) is 0 Å². The minimum Gasteiger partial charge on any atom is -0.494 e. The minimum absolute atomic E-state index is 0.0555. The fraction of sp³-hybridized carbons (Fsp3) is 0.375. The summed E-state index contributed by atoms with van der Waals surface area (Å²) >= 11 is 0. The normalized spacial score (nSPS) is 13.5. The van der Waals surface area contributed by atoms with Gasteiger partial charge in [-0.3, -0.25) is 9.48 Å². The molecule has 1 heterocycles. The number of nitrogens with zero attached hydrogens (tertiary/aromatic N) is 2. The zero-order chi connectivity index (χ0) is 15.2. The summed E-state index contributed by atoms with van der Waals surface area (Å²) in [5, 5.41) is 7.08. The van der Waals surface area contributed by atoms with Gasteiger partial charge in [-0.25, -0.2) is 0 Å². The Kier molecular flexibility index (Phi) is 4.98. The molecule has 0 fully saturated rings. The lowest BCUT2D eigenvalue weighted by atomic mass is 10.1. The number of aromatic nitrogens is 2. The van der Waals surface area contributed by atoms with Gasteiger partial charge >= 0.3 is 0 Å². The second kappa shape index (κ2) is 6.92. The third-order valence-corrected chi connectivity index (χ3v) is 3.35. The number of carbonyl (C=O) groups is 1. The lowest BCUT2D eigenvalue weighted by molar-refractivity contribution is -0.124. The molecule has 1 amide bonds. The number of hydrogen-bond acceptors (Lipinski definition) is 3. The van der Waals surface area contributed by atoms with Crippen molar-refractivity contribution < 1.29 is 9.53 Å².